The van der Waals surface area contributed by atoms with Gasteiger partial charge in [0.05, 0.1) is 69.8 Å². The molecule has 0 bridgehead atoms. The smallest absolute Gasteiger partial charge is 0.320 e. The van der Waals surface area contributed by atoms with E-state index in [9.17, 15) is 19.2 Å². The number of ether oxygens (including phenoxy) is 4. The van der Waals surface area contributed by atoms with Crippen molar-refractivity contribution in [3.05, 3.63) is 41.4 Å². The number of unbranched alkanes of at least 4 members (excludes halogenated alkanes) is 7. The van der Waals surface area contributed by atoms with Crippen molar-refractivity contribution in [2.45, 2.75) is 72.1 Å². The molecular formula is C40H58ClN5O8. The number of pyridine rings is 1. The van der Waals surface area contributed by atoms with Crippen molar-refractivity contribution in [3.63, 3.8) is 0 Å². The van der Waals surface area contributed by atoms with E-state index in [0.717, 1.165) is 91.2 Å². The molecule has 298 valence electrons. The Hall–Kier alpha value is -4.20. The largest absolute Gasteiger partial charge is 0.497 e. The highest BCUT2D eigenvalue weighted by molar-refractivity contribution is 6.31. The highest BCUT2D eigenvalue weighted by Gasteiger charge is 2.20. The number of hydrogen-bond acceptors (Lipinski definition) is 12. The standard InChI is InChI=1S/C40H58ClN5O8/c1-5-52-37(48)27-45(22-23-46(28-38(49)53-6-2)29-39(50)54-7-3)26-36(47)42-20-14-12-10-8-9-11-13-15-21-43-40-32-18-16-30(41)24-35(32)44-34-19-17-31(51-4)25-33(34)40/h16-19,24-25H,5-15,20-23,26-29H2,1-4H3,(H,42,47)(H,43,44). The number of fused-ring (bicyclic) bond motifs is 2. The predicted octanol–water partition coefficient (Wildman–Crippen LogP) is 5.99. The summed E-state index contributed by atoms with van der Waals surface area (Å²) in [5, 5.41) is 9.33. The van der Waals surface area contributed by atoms with Gasteiger partial charge in [-0.15, -0.1) is 0 Å². The van der Waals surface area contributed by atoms with E-state index in [1.54, 1.807) is 37.7 Å². The minimum atomic E-state index is -0.470. The Morgan fingerprint density at radius 1 is 0.648 bits per heavy atom. The number of carbonyl (C=O) groups is 4. The topological polar surface area (TPSA) is 149 Å². The van der Waals surface area contributed by atoms with E-state index in [4.69, 9.17) is 35.5 Å². The zero-order chi connectivity index (χ0) is 39.1. The number of amides is 1. The fourth-order valence-electron chi connectivity index (χ4n) is 6.10. The molecule has 0 saturated carbocycles. The van der Waals surface area contributed by atoms with Crippen LogP contribution < -0.4 is 15.4 Å². The van der Waals surface area contributed by atoms with E-state index in [2.05, 4.69) is 10.6 Å². The molecule has 2 aromatic carbocycles. The van der Waals surface area contributed by atoms with E-state index < -0.39 is 17.9 Å². The van der Waals surface area contributed by atoms with Gasteiger partial charge >= 0.3 is 17.9 Å². The number of hydrogen-bond donors (Lipinski definition) is 2. The number of anilines is 1. The SMILES string of the molecule is CCOC(=O)CN(CCN(CC(=O)OCC)CC(=O)OCC)CC(=O)NCCCCCCCCCCNc1c2ccc(Cl)cc2nc2ccc(OC)cc12. The van der Waals surface area contributed by atoms with Crippen molar-refractivity contribution in [1.29, 1.82) is 0 Å². The molecule has 3 aromatic rings. The van der Waals surface area contributed by atoms with Crippen LogP contribution in [0.2, 0.25) is 5.02 Å². The van der Waals surface area contributed by atoms with Crippen LogP contribution in [0.1, 0.15) is 72.1 Å². The van der Waals surface area contributed by atoms with Crippen LogP contribution in [0.5, 0.6) is 5.75 Å². The van der Waals surface area contributed by atoms with Crippen LogP contribution in [0.25, 0.3) is 21.8 Å². The highest BCUT2D eigenvalue weighted by Crippen LogP contribution is 2.34. The monoisotopic (exact) mass is 771 g/mol. The Morgan fingerprint density at radius 3 is 1.74 bits per heavy atom. The first kappa shape index (κ1) is 44.2. The van der Waals surface area contributed by atoms with Gasteiger partial charge in [-0.25, -0.2) is 4.98 Å². The molecule has 13 nitrogen and oxygen atoms in total. The number of nitrogens with one attached hydrogen (secondary N) is 2. The van der Waals surface area contributed by atoms with E-state index in [1.807, 2.05) is 36.4 Å². The normalized spacial score (nSPS) is 11.2. The van der Waals surface area contributed by atoms with Crippen LogP contribution in [0.15, 0.2) is 36.4 Å². The quantitative estimate of drug-likeness (QED) is 0.0406. The highest BCUT2D eigenvalue weighted by atomic mass is 35.5. The molecular weight excluding hydrogens is 714 g/mol. The van der Waals surface area contributed by atoms with Crippen LogP contribution >= 0.6 is 11.6 Å². The number of benzene rings is 2. The van der Waals surface area contributed by atoms with Gasteiger partial charge in [0.15, 0.2) is 0 Å². The van der Waals surface area contributed by atoms with Crippen molar-refractivity contribution >= 4 is 62.9 Å². The molecule has 0 atom stereocenters. The van der Waals surface area contributed by atoms with E-state index >= 15 is 0 Å². The zero-order valence-corrected chi connectivity index (χ0v) is 33.1. The maximum Gasteiger partial charge on any atom is 0.320 e. The van der Waals surface area contributed by atoms with Gasteiger partial charge in [0, 0.05) is 42.0 Å². The third-order valence-corrected chi connectivity index (χ3v) is 8.98. The molecule has 54 heavy (non-hydrogen) atoms. The second kappa shape index (κ2) is 25.0. The maximum absolute atomic E-state index is 12.8. The Kier molecular flexibility index (Phi) is 20.5. The molecule has 1 heterocycles. The number of methoxy groups -OCH3 is 1. The van der Waals surface area contributed by atoms with Gasteiger partial charge in [0.2, 0.25) is 5.91 Å². The summed E-state index contributed by atoms with van der Waals surface area (Å²) in [6.45, 7) is 7.36. The fourth-order valence-corrected chi connectivity index (χ4v) is 6.27. The van der Waals surface area contributed by atoms with E-state index in [1.165, 1.54) is 0 Å². The lowest BCUT2D eigenvalue weighted by atomic mass is 10.1. The van der Waals surface area contributed by atoms with Crippen molar-refractivity contribution in [1.82, 2.24) is 20.1 Å². The molecule has 14 heteroatoms. The van der Waals surface area contributed by atoms with Crippen LogP contribution in [-0.2, 0) is 33.4 Å². The number of rotatable bonds is 27. The van der Waals surface area contributed by atoms with Crippen LogP contribution in [-0.4, -0.2) is 118 Å². The van der Waals surface area contributed by atoms with Crippen molar-refractivity contribution in [3.8, 4) is 5.75 Å². The minimum absolute atomic E-state index is 0.0174. The second-order valence-electron chi connectivity index (χ2n) is 13.0. The lowest BCUT2D eigenvalue weighted by Crippen LogP contribution is -2.46. The van der Waals surface area contributed by atoms with Crippen molar-refractivity contribution < 1.29 is 38.1 Å². The molecule has 0 saturated heterocycles. The Balaban J connectivity index is 1.34. The Morgan fingerprint density at radius 2 is 1.19 bits per heavy atom. The van der Waals surface area contributed by atoms with Gasteiger partial charge in [0.25, 0.3) is 0 Å². The van der Waals surface area contributed by atoms with Crippen molar-refractivity contribution in [2.24, 2.45) is 0 Å². The molecule has 0 fully saturated rings. The minimum Gasteiger partial charge on any atom is -0.497 e. The van der Waals surface area contributed by atoms with Gasteiger partial charge < -0.3 is 29.6 Å². The van der Waals surface area contributed by atoms with E-state index in [-0.39, 0.29) is 65.0 Å². The summed E-state index contributed by atoms with van der Waals surface area (Å²) in [4.78, 5) is 57.4. The maximum atomic E-state index is 12.8. The first-order valence-electron chi connectivity index (χ1n) is 19.2. The van der Waals surface area contributed by atoms with Gasteiger partial charge in [-0.2, -0.15) is 0 Å². The summed E-state index contributed by atoms with van der Waals surface area (Å²) >= 11 is 6.26. The molecule has 0 aliphatic rings. The Bertz CT molecular complexity index is 1620. The predicted molar refractivity (Wildman–Crippen MR) is 212 cm³/mol. The van der Waals surface area contributed by atoms with Crippen LogP contribution in [0.4, 0.5) is 5.69 Å². The molecule has 1 amide bonds. The molecule has 0 aliphatic heterocycles. The average Bonchev–Trinajstić information content (AvgIpc) is 3.13. The van der Waals surface area contributed by atoms with Gasteiger partial charge in [-0.05, 0) is 70.0 Å². The summed E-state index contributed by atoms with van der Waals surface area (Å²) in [7, 11) is 1.67. The van der Waals surface area contributed by atoms with Crippen molar-refractivity contribution in [2.75, 3.05) is 84.6 Å². The number of esters is 3. The Labute approximate surface area is 324 Å². The first-order chi connectivity index (χ1) is 26.2. The third kappa shape index (κ3) is 16.0. The van der Waals surface area contributed by atoms with Crippen LogP contribution in [0.3, 0.4) is 0 Å². The molecule has 0 aliphatic carbocycles. The summed E-state index contributed by atoms with van der Waals surface area (Å²) in [5.74, 6) is -0.805. The molecule has 2 N–H and O–H groups in total. The van der Waals surface area contributed by atoms with Gasteiger partial charge in [-0.1, -0.05) is 50.1 Å². The number of aromatic nitrogens is 1. The summed E-state index contributed by atoms with van der Waals surface area (Å²) in [5.41, 5.74) is 2.80. The molecule has 1 aromatic heterocycles. The molecule has 0 radical (unpaired) electrons. The summed E-state index contributed by atoms with van der Waals surface area (Å²) in [6.07, 6.45) is 8.62. The van der Waals surface area contributed by atoms with Gasteiger partial charge in [0.1, 0.15) is 5.75 Å². The number of nitrogens with zero attached hydrogens (tertiary/aromatic N) is 3. The summed E-state index contributed by atoms with van der Waals surface area (Å²) in [6, 6.07) is 11.7. The average molecular weight is 772 g/mol. The number of carbonyl (C=O) groups excluding carboxylic acids is 4. The first-order valence-corrected chi connectivity index (χ1v) is 19.5. The summed E-state index contributed by atoms with van der Waals surface area (Å²) < 4.78 is 20.6. The molecule has 0 unspecified atom stereocenters. The molecule has 0 spiro atoms. The zero-order valence-electron chi connectivity index (χ0n) is 32.4. The molecule has 3 rings (SSSR count). The second-order valence-corrected chi connectivity index (χ2v) is 13.4. The lowest BCUT2D eigenvalue weighted by molar-refractivity contribution is -0.149. The van der Waals surface area contributed by atoms with Crippen LogP contribution in [0, 0.1) is 0 Å². The number of halogens is 1. The lowest BCUT2D eigenvalue weighted by Gasteiger charge is -2.25. The van der Waals surface area contributed by atoms with E-state index in [0.29, 0.717) is 11.6 Å². The third-order valence-electron chi connectivity index (χ3n) is 8.74. The van der Waals surface area contributed by atoms with Gasteiger partial charge in [-0.3, -0.25) is 29.0 Å². The fraction of sp³-hybridized carbons (Fsp3) is 0.575.